The predicted molar refractivity (Wildman–Crippen MR) is 121 cm³/mol. The van der Waals surface area contributed by atoms with Gasteiger partial charge in [-0.05, 0) is 61.2 Å². The zero-order chi connectivity index (χ0) is 21.1. The van der Waals surface area contributed by atoms with Crippen LogP contribution in [0.25, 0.3) is 22.3 Å². The first-order valence-electron chi connectivity index (χ1n) is 10.3. The van der Waals surface area contributed by atoms with E-state index in [1.54, 1.807) is 0 Å². The van der Waals surface area contributed by atoms with Crippen molar-refractivity contribution in [2.45, 2.75) is 32.8 Å². The summed E-state index contributed by atoms with van der Waals surface area (Å²) in [4.78, 5) is 16.4. The van der Waals surface area contributed by atoms with Gasteiger partial charge in [0.05, 0.1) is 5.69 Å². The molecule has 0 aliphatic heterocycles. The Balaban J connectivity index is 1.46. The molecule has 0 fully saturated rings. The lowest BCUT2D eigenvalue weighted by molar-refractivity contribution is 0.0530. The standard InChI is InChI=1S/C25H27N3O2/c1-25(2,3)30-24(29)28-14-13-26-19-9-6-8-17(15-19)21-11-12-27-22-16-18-7-4-5-10-20(18)23(21)22/h4-12,15,26H,13-14,16H2,1-3H3,(H,28,29). The Bertz CT molecular complexity index is 1070. The Morgan fingerprint density at radius 1 is 1.03 bits per heavy atom. The molecule has 1 aromatic heterocycles. The molecule has 1 heterocycles. The van der Waals surface area contributed by atoms with Crippen LogP contribution in [0.4, 0.5) is 10.5 Å². The van der Waals surface area contributed by atoms with E-state index in [0.29, 0.717) is 13.1 Å². The summed E-state index contributed by atoms with van der Waals surface area (Å²) in [7, 11) is 0. The normalized spacial score (nSPS) is 12.1. The highest BCUT2D eigenvalue weighted by atomic mass is 16.6. The summed E-state index contributed by atoms with van der Waals surface area (Å²) in [6, 6.07) is 19.0. The highest BCUT2D eigenvalue weighted by molar-refractivity contribution is 5.89. The van der Waals surface area contributed by atoms with Crippen LogP contribution in [0, 0.1) is 0 Å². The van der Waals surface area contributed by atoms with Gasteiger partial charge in [0.25, 0.3) is 0 Å². The molecule has 2 N–H and O–H groups in total. The van der Waals surface area contributed by atoms with Crippen molar-refractivity contribution in [1.82, 2.24) is 10.3 Å². The van der Waals surface area contributed by atoms with E-state index >= 15 is 0 Å². The van der Waals surface area contributed by atoms with Gasteiger partial charge in [-0.3, -0.25) is 4.98 Å². The van der Waals surface area contributed by atoms with E-state index in [4.69, 9.17) is 4.74 Å². The molecule has 3 aromatic rings. The predicted octanol–water partition coefficient (Wildman–Crippen LogP) is 5.26. The second-order valence-electron chi connectivity index (χ2n) is 8.45. The second-order valence-corrected chi connectivity index (χ2v) is 8.45. The van der Waals surface area contributed by atoms with Gasteiger partial charge in [0.15, 0.2) is 0 Å². The van der Waals surface area contributed by atoms with Crippen LogP contribution < -0.4 is 10.6 Å². The van der Waals surface area contributed by atoms with Crippen molar-refractivity contribution in [1.29, 1.82) is 0 Å². The van der Waals surface area contributed by atoms with Crippen molar-refractivity contribution in [2.75, 3.05) is 18.4 Å². The largest absolute Gasteiger partial charge is 0.444 e. The molecule has 0 spiro atoms. The van der Waals surface area contributed by atoms with Crippen molar-refractivity contribution in [3.8, 4) is 22.3 Å². The Morgan fingerprint density at radius 3 is 2.70 bits per heavy atom. The summed E-state index contributed by atoms with van der Waals surface area (Å²) in [6.45, 7) is 6.65. The number of alkyl carbamates (subject to hydrolysis) is 1. The zero-order valence-corrected chi connectivity index (χ0v) is 17.7. The summed E-state index contributed by atoms with van der Waals surface area (Å²) < 4.78 is 5.25. The zero-order valence-electron chi connectivity index (χ0n) is 17.7. The van der Waals surface area contributed by atoms with Crippen molar-refractivity contribution in [3.63, 3.8) is 0 Å². The molecule has 1 aliphatic carbocycles. The number of fused-ring (bicyclic) bond motifs is 3. The molecular formula is C25H27N3O2. The van der Waals surface area contributed by atoms with E-state index in [0.717, 1.165) is 23.4 Å². The summed E-state index contributed by atoms with van der Waals surface area (Å²) in [6.07, 6.45) is 2.38. The highest BCUT2D eigenvalue weighted by Gasteiger charge is 2.22. The molecule has 0 atom stereocenters. The number of hydrogen-bond donors (Lipinski definition) is 2. The van der Waals surface area contributed by atoms with Gasteiger partial charge in [-0.15, -0.1) is 0 Å². The number of anilines is 1. The summed E-state index contributed by atoms with van der Waals surface area (Å²) in [5, 5.41) is 6.14. The van der Waals surface area contributed by atoms with E-state index in [-0.39, 0.29) is 0 Å². The first-order valence-corrected chi connectivity index (χ1v) is 10.3. The number of nitrogens with one attached hydrogen (secondary N) is 2. The molecule has 0 unspecified atom stereocenters. The maximum Gasteiger partial charge on any atom is 0.407 e. The summed E-state index contributed by atoms with van der Waals surface area (Å²) >= 11 is 0. The molecular weight excluding hydrogens is 374 g/mol. The fraction of sp³-hybridized carbons (Fsp3) is 0.280. The molecule has 0 saturated heterocycles. The quantitative estimate of drug-likeness (QED) is 0.448. The van der Waals surface area contributed by atoms with Crippen LogP contribution in [0.3, 0.4) is 0 Å². The van der Waals surface area contributed by atoms with E-state index in [2.05, 4.69) is 58.1 Å². The van der Waals surface area contributed by atoms with Crippen LogP contribution in [0.1, 0.15) is 32.0 Å². The van der Waals surface area contributed by atoms with Gasteiger partial charge in [0.2, 0.25) is 0 Å². The molecule has 0 radical (unpaired) electrons. The number of benzene rings is 2. The Morgan fingerprint density at radius 2 is 1.87 bits per heavy atom. The van der Waals surface area contributed by atoms with Crippen LogP contribution in [0.15, 0.2) is 60.8 Å². The number of carbonyl (C=O) groups is 1. The van der Waals surface area contributed by atoms with Gasteiger partial charge < -0.3 is 15.4 Å². The molecule has 1 amide bonds. The minimum absolute atomic E-state index is 0.399. The van der Waals surface area contributed by atoms with Gasteiger partial charge >= 0.3 is 6.09 Å². The first-order chi connectivity index (χ1) is 14.4. The van der Waals surface area contributed by atoms with Crippen LogP contribution in [0.2, 0.25) is 0 Å². The van der Waals surface area contributed by atoms with Crippen LogP contribution >= 0.6 is 0 Å². The average Bonchev–Trinajstić information content (AvgIpc) is 3.09. The first kappa shape index (κ1) is 20.0. The Labute approximate surface area is 177 Å². The van der Waals surface area contributed by atoms with Gasteiger partial charge in [0, 0.05) is 37.0 Å². The molecule has 5 heteroatoms. The van der Waals surface area contributed by atoms with Gasteiger partial charge in [0.1, 0.15) is 5.60 Å². The Kier molecular flexibility index (Phi) is 5.44. The third-order valence-electron chi connectivity index (χ3n) is 4.97. The monoisotopic (exact) mass is 401 g/mol. The molecule has 5 nitrogen and oxygen atoms in total. The number of carbonyl (C=O) groups excluding carboxylic acids is 1. The lowest BCUT2D eigenvalue weighted by Crippen LogP contribution is -2.34. The minimum Gasteiger partial charge on any atom is -0.444 e. The number of rotatable bonds is 5. The number of aromatic nitrogens is 1. The van der Waals surface area contributed by atoms with Gasteiger partial charge in [-0.25, -0.2) is 4.79 Å². The number of amides is 1. The number of ether oxygens (including phenoxy) is 1. The van der Waals surface area contributed by atoms with Crippen molar-refractivity contribution in [3.05, 3.63) is 72.1 Å². The molecule has 0 saturated carbocycles. The maximum atomic E-state index is 11.8. The summed E-state index contributed by atoms with van der Waals surface area (Å²) in [5.41, 5.74) is 7.83. The van der Waals surface area contributed by atoms with Crippen LogP contribution in [-0.2, 0) is 11.2 Å². The van der Waals surface area contributed by atoms with E-state index in [1.165, 1.54) is 22.3 Å². The highest BCUT2D eigenvalue weighted by Crippen LogP contribution is 2.42. The average molecular weight is 402 g/mol. The third kappa shape index (κ3) is 4.46. The van der Waals surface area contributed by atoms with Crippen molar-refractivity contribution < 1.29 is 9.53 Å². The molecule has 154 valence electrons. The third-order valence-corrected chi connectivity index (χ3v) is 4.97. The van der Waals surface area contributed by atoms with Crippen molar-refractivity contribution in [2.24, 2.45) is 0 Å². The topological polar surface area (TPSA) is 63.2 Å². The van der Waals surface area contributed by atoms with Crippen molar-refractivity contribution >= 4 is 11.8 Å². The molecule has 30 heavy (non-hydrogen) atoms. The van der Waals surface area contributed by atoms with Gasteiger partial charge in [-0.1, -0.05) is 36.4 Å². The molecule has 1 aliphatic rings. The number of hydrogen-bond acceptors (Lipinski definition) is 4. The fourth-order valence-corrected chi connectivity index (χ4v) is 3.76. The van der Waals surface area contributed by atoms with Crippen LogP contribution in [0.5, 0.6) is 0 Å². The fourth-order valence-electron chi connectivity index (χ4n) is 3.76. The Hall–Kier alpha value is -3.34. The molecule has 4 rings (SSSR count). The van der Waals surface area contributed by atoms with Gasteiger partial charge in [-0.2, -0.15) is 0 Å². The summed E-state index contributed by atoms with van der Waals surface area (Å²) in [5.74, 6) is 0. The lowest BCUT2D eigenvalue weighted by atomic mass is 9.96. The second kappa shape index (κ2) is 8.19. The van der Waals surface area contributed by atoms with E-state index < -0.39 is 11.7 Å². The van der Waals surface area contributed by atoms with E-state index in [9.17, 15) is 4.79 Å². The SMILES string of the molecule is CC(C)(C)OC(=O)NCCNc1cccc(-c2ccnc3c2-c2ccccc2C3)c1. The van der Waals surface area contributed by atoms with E-state index in [1.807, 2.05) is 39.1 Å². The molecule has 2 aromatic carbocycles. The van der Waals surface area contributed by atoms with Crippen LogP contribution in [-0.4, -0.2) is 29.8 Å². The number of pyridine rings is 1. The minimum atomic E-state index is -0.491. The lowest BCUT2D eigenvalue weighted by Gasteiger charge is -2.19. The maximum absolute atomic E-state index is 11.8. The smallest absolute Gasteiger partial charge is 0.407 e. The molecule has 0 bridgehead atoms. The number of nitrogens with zero attached hydrogens (tertiary/aromatic N) is 1.